The molecule has 0 radical (unpaired) electrons. The Balaban J connectivity index is 3.45. The molecule has 4 heteroatoms. The molecule has 0 aliphatic heterocycles. The third-order valence-electron chi connectivity index (χ3n) is 9.93. The van der Waals surface area contributed by atoms with Gasteiger partial charge in [0.25, 0.3) is 0 Å². The fourth-order valence-electron chi connectivity index (χ4n) is 6.58. The fourth-order valence-corrected chi connectivity index (χ4v) is 6.58. The molecule has 4 nitrogen and oxygen atoms in total. The van der Waals surface area contributed by atoms with Crippen LogP contribution in [-0.2, 0) is 4.79 Å². The summed E-state index contributed by atoms with van der Waals surface area (Å²) < 4.78 is 0. The lowest BCUT2D eigenvalue weighted by Gasteiger charge is -2.20. The zero-order valence-electron chi connectivity index (χ0n) is 32.5. The van der Waals surface area contributed by atoms with E-state index in [2.05, 4.69) is 31.3 Å². The molecular formula is C44H85NO3. The number of hydrogen-bond donors (Lipinski definition) is 3. The number of hydrogen-bond acceptors (Lipinski definition) is 3. The molecule has 3 N–H and O–H groups in total. The van der Waals surface area contributed by atoms with Gasteiger partial charge in [0.05, 0.1) is 18.8 Å². The van der Waals surface area contributed by atoms with Crippen molar-refractivity contribution < 1.29 is 15.0 Å². The van der Waals surface area contributed by atoms with Gasteiger partial charge in [0.1, 0.15) is 0 Å². The molecule has 284 valence electrons. The van der Waals surface area contributed by atoms with Crippen LogP contribution in [0.4, 0.5) is 0 Å². The number of nitrogens with one attached hydrogen (secondary N) is 1. The summed E-state index contributed by atoms with van der Waals surface area (Å²) in [6.07, 6.45) is 51.6. The van der Waals surface area contributed by atoms with E-state index in [-0.39, 0.29) is 12.5 Å². The van der Waals surface area contributed by atoms with Crippen molar-refractivity contribution in [2.24, 2.45) is 0 Å². The van der Waals surface area contributed by atoms with E-state index in [1.807, 2.05) is 6.08 Å². The summed E-state index contributed by atoms with van der Waals surface area (Å²) in [7, 11) is 0. The summed E-state index contributed by atoms with van der Waals surface area (Å²) in [4.78, 5) is 12.3. The predicted molar refractivity (Wildman–Crippen MR) is 212 cm³/mol. The van der Waals surface area contributed by atoms with Gasteiger partial charge in [-0.2, -0.15) is 0 Å². The van der Waals surface area contributed by atoms with Crippen molar-refractivity contribution in [2.75, 3.05) is 6.61 Å². The maximum atomic E-state index is 12.3. The minimum atomic E-state index is -0.834. The molecule has 0 aromatic carbocycles. The van der Waals surface area contributed by atoms with Gasteiger partial charge >= 0.3 is 0 Å². The summed E-state index contributed by atoms with van der Waals surface area (Å²) in [5, 5.41) is 22.8. The molecule has 0 fully saturated rings. The zero-order chi connectivity index (χ0) is 35.0. The van der Waals surface area contributed by atoms with Crippen LogP contribution in [0.1, 0.15) is 232 Å². The fraction of sp³-hybridized carbons (Fsp3) is 0.886. The average molecular weight is 676 g/mol. The molecule has 0 spiro atoms. The van der Waals surface area contributed by atoms with E-state index < -0.39 is 12.1 Å². The van der Waals surface area contributed by atoms with E-state index in [1.54, 1.807) is 6.08 Å². The van der Waals surface area contributed by atoms with E-state index in [9.17, 15) is 15.0 Å². The van der Waals surface area contributed by atoms with Crippen molar-refractivity contribution in [3.8, 4) is 0 Å². The van der Waals surface area contributed by atoms with Crippen LogP contribution >= 0.6 is 0 Å². The first-order valence-electron chi connectivity index (χ1n) is 21.6. The van der Waals surface area contributed by atoms with Gasteiger partial charge in [0.2, 0.25) is 5.91 Å². The number of aliphatic hydroxyl groups is 2. The molecule has 0 aromatic heterocycles. The van der Waals surface area contributed by atoms with Crippen LogP contribution in [-0.4, -0.2) is 34.9 Å². The van der Waals surface area contributed by atoms with Gasteiger partial charge in [0.15, 0.2) is 0 Å². The van der Waals surface area contributed by atoms with Crippen LogP contribution in [0.2, 0.25) is 0 Å². The van der Waals surface area contributed by atoms with E-state index in [1.165, 1.54) is 186 Å². The van der Waals surface area contributed by atoms with Gasteiger partial charge in [-0.15, -0.1) is 0 Å². The molecule has 0 aromatic rings. The molecule has 2 atom stereocenters. The Bertz CT molecular complexity index is 691. The van der Waals surface area contributed by atoms with Crippen molar-refractivity contribution >= 4 is 5.91 Å². The molecule has 0 bridgehead atoms. The molecule has 0 saturated carbocycles. The molecule has 1 amide bonds. The summed E-state index contributed by atoms with van der Waals surface area (Å²) >= 11 is 0. The highest BCUT2D eigenvalue weighted by Gasteiger charge is 2.17. The first-order chi connectivity index (χ1) is 23.7. The first-order valence-corrected chi connectivity index (χ1v) is 21.6. The Labute approximate surface area is 300 Å². The molecule has 2 unspecified atom stereocenters. The predicted octanol–water partition coefficient (Wildman–Crippen LogP) is 13.2. The second-order valence-electron chi connectivity index (χ2n) is 14.8. The van der Waals surface area contributed by atoms with Crippen LogP contribution in [0.25, 0.3) is 0 Å². The number of unbranched alkanes of at least 4 members (excludes halogenated alkanes) is 30. The maximum absolute atomic E-state index is 12.3. The van der Waals surface area contributed by atoms with E-state index in [0.717, 1.165) is 25.7 Å². The highest BCUT2D eigenvalue weighted by molar-refractivity contribution is 5.76. The van der Waals surface area contributed by atoms with Crippen LogP contribution in [0.5, 0.6) is 0 Å². The Morgan fingerprint density at radius 3 is 1.15 bits per heavy atom. The Kier molecular flexibility index (Phi) is 39.4. The Hall–Kier alpha value is -1.13. The number of aliphatic hydroxyl groups excluding tert-OH is 2. The first kappa shape index (κ1) is 46.9. The topological polar surface area (TPSA) is 69.6 Å². The highest BCUT2D eigenvalue weighted by Crippen LogP contribution is 2.15. The Morgan fingerprint density at radius 1 is 0.479 bits per heavy atom. The molecule has 0 rings (SSSR count). The lowest BCUT2D eigenvalue weighted by atomic mass is 10.0. The molecule has 0 saturated heterocycles. The SMILES string of the molecule is CCCCCCCCC/C=C/C(O)C(CO)NC(=O)CCCCCCCCCCCCC/C=C\CCCCCCCCCCCCCC. The summed E-state index contributed by atoms with van der Waals surface area (Å²) in [5.74, 6) is -0.0661. The molecule has 0 heterocycles. The highest BCUT2D eigenvalue weighted by atomic mass is 16.3. The van der Waals surface area contributed by atoms with E-state index in [0.29, 0.717) is 6.42 Å². The molecule has 0 aliphatic carbocycles. The monoisotopic (exact) mass is 676 g/mol. The van der Waals surface area contributed by atoms with Gasteiger partial charge in [-0.1, -0.05) is 205 Å². The van der Waals surface area contributed by atoms with Gasteiger partial charge < -0.3 is 15.5 Å². The van der Waals surface area contributed by atoms with Crippen molar-refractivity contribution in [3.63, 3.8) is 0 Å². The summed E-state index contributed by atoms with van der Waals surface area (Å²) in [6.45, 7) is 4.29. The van der Waals surface area contributed by atoms with Gasteiger partial charge in [-0.05, 0) is 44.9 Å². The van der Waals surface area contributed by atoms with Crippen LogP contribution in [0.3, 0.4) is 0 Å². The lowest BCUT2D eigenvalue weighted by Crippen LogP contribution is -2.45. The summed E-state index contributed by atoms with van der Waals surface area (Å²) in [5.41, 5.74) is 0. The number of carbonyl (C=O) groups is 1. The normalized spacial score (nSPS) is 13.2. The van der Waals surface area contributed by atoms with Crippen molar-refractivity contribution in [3.05, 3.63) is 24.3 Å². The second kappa shape index (κ2) is 40.3. The van der Waals surface area contributed by atoms with Gasteiger partial charge in [-0.25, -0.2) is 0 Å². The zero-order valence-corrected chi connectivity index (χ0v) is 32.5. The largest absolute Gasteiger partial charge is 0.394 e. The van der Waals surface area contributed by atoms with Crippen molar-refractivity contribution in [1.82, 2.24) is 5.32 Å². The second-order valence-corrected chi connectivity index (χ2v) is 14.8. The molecular weight excluding hydrogens is 590 g/mol. The van der Waals surface area contributed by atoms with Crippen molar-refractivity contribution in [1.29, 1.82) is 0 Å². The van der Waals surface area contributed by atoms with Crippen LogP contribution < -0.4 is 5.32 Å². The molecule has 48 heavy (non-hydrogen) atoms. The van der Waals surface area contributed by atoms with Crippen LogP contribution in [0, 0.1) is 0 Å². The smallest absolute Gasteiger partial charge is 0.220 e. The quantitative estimate of drug-likeness (QED) is 0.0448. The minimum Gasteiger partial charge on any atom is -0.394 e. The van der Waals surface area contributed by atoms with E-state index in [4.69, 9.17) is 0 Å². The van der Waals surface area contributed by atoms with Crippen molar-refractivity contribution in [2.45, 2.75) is 244 Å². The third kappa shape index (κ3) is 36.2. The van der Waals surface area contributed by atoms with Crippen LogP contribution in [0.15, 0.2) is 24.3 Å². The number of carbonyl (C=O) groups excluding carboxylic acids is 1. The lowest BCUT2D eigenvalue weighted by molar-refractivity contribution is -0.123. The minimum absolute atomic E-state index is 0.0661. The Morgan fingerprint density at radius 2 is 0.792 bits per heavy atom. The molecule has 0 aliphatic rings. The number of rotatable bonds is 39. The number of amides is 1. The number of allylic oxidation sites excluding steroid dienone is 3. The maximum Gasteiger partial charge on any atom is 0.220 e. The third-order valence-corrected chi connectivity index (χ3v) is 9.93. The van der Waals surface area contributed by atoms with E-state index >= 15 is 0 Å². The van der Waals surface area contributed by atoms with Gasteiger partial charge in [0, 0.05) is 6.42 Å². The summed E-state index contributed by atoms with van der Waals surface area (Å²) in [6, 6.07) is -0.617. The standard InChI is InChI=1S/C44H85NO3/c1-3-5-7-9-11-13-14-15-16-17-18-19-20-21-22-23-24-25-26-27-28-29-30-32-34-36-38-40-44(48)45-42(41-46)43(47)39-37-35-33-31-12-10-8-6-4-2/h21-22,37,39,42-43,46-47H,3-20,23-36,38,40-41H2,1-2H3,(H,45,48)/b22-21-,39-37+. The average Bonchev–Trinajstić information content (AvgIpc) is 3.09. The van der Waals surface area contributed by atoms with Gasteiger partial charge in [-0.3, -0.25) is 4.79 Å².